The van der Waals surface area contributed by atoms with Crippen LogP contribution in [0.1, 0.15) is 11.1 Å². The average molecular weight is 343 g/mol. The zero-order valence-corrected chi connectivity index (χ0v) is 14.0. The van der Waals surface area contributed by atoms with Crippen LogP contribution in [-0.2, 0) is 13.1 Å². The highest BCUT2D eigenvalue weighted by atomic mass is 79.9. The van der Waals surface area contributed by atoms with Crippen molar-refractivity contribution >= 4 is 26.8 Å². The van der Waals surface area contributed by atoms with Gasteiger partial charge in [0.05, 0.1) is 0 Å². The Hall–Kier alpha value is -1.58. The maximum Gasteiger partial charge on any atom is 0.0487 e. The molecule has 3 aromatic rings. The van der Waals surface area contributed by atoms with E-state index in [2.05, 4.69) is 94.2 Å². The van der Waals surface area contributed by atoms with Crippen molar-refractivity contribution in [2.45, 2.75) is 13.1 Å². The average Bonchev–Trinajstić information content (AvgIpc) is 2.77. The Morgan fingerprint density at radius 3 is 2.52 bits per heavy atom. The lowest BCUT2D eigenvalue weighted by molar-refractivity contribution is 0.403. The molecule has 0 bridgehead atoms. The second-order valence-electron chi connectivity index (χ2n) is 5.67. The van der Waals surface area contributed by atoms with Crippen LogP contribution in [0.3, 0.4) is 0 Å². The topological polar surface area (TPSA) is 8.17 Å². The number of fused-ring (bicyclic) bond motifs is 1. The summed E-state index contributed by atoms with van der Waals surface area (Å²) < 4.78 is 3.48. The monoisotopic (exact) mass is 342 g/mol. The fourth-order valence-electron chi connectivity index (χ4n) is 2.72. The fourth-order valence-corrected chi connectivity index (χ4v) is 3.08. The lowest BCUT2D eigenvalue weighted by Gasteiger charge is -2.07. The van der Waals surface area contributed by atoms with Crippen LogP contribution >= 0.6 is 15.9 Å². The van der Waals surface area contributed by atoms with Gasteiger partial charge in [0.1, 0.15) is 0 Å². The van der Waals surface area contributed by atoms with Crippen LogP contribution in [0.25, 0.3) is 10.9 Å². The van der Waals surface area contributed by atoms with Gasteiger partial charge in [-0.25, -0.2) is 0 Å². The predicted octanol–water partition coefficient (Wildman–Crippen LogP) is 4.51. The van der Waals surface area contributed by atoms with Crippen molar-refractivity contribution in [3.63, 3.8) is 0 Å². The van der Waals surface area contributed by atoms with Crippen molar-refractivity contribution < 1.29 is 0 Å². The van der Waals surface area contributed by atoms with E-state index in [4.69, 9.17) is 0 Å². The Morgan fingerprint density at radius 1 is 1.05 bits per heavy atom. The fraction of sp³-hybridized carbons (Fsp3) is 0.222. The minimum atomic E-state index is 0.909. The van der Waals surface area contributed by atoms with Crippen molar-refractivity contribution in [1.82, 2.24) is 9.47 Å². The minimum absolute atomic E-state index is 0.909. The van der Waals surface area contributed by atoms with Crippen molar-refractivity contribution in [2.24, 2.45) is 0 Å². The number of halogens is 1. The first-order valence-corrected chi connectivity index (χ1v) is 7.89. The second-order valence-corrected chi connectivity index (χ2v) is 6.58. The third-order valence-corrected chi connectivity index (χ3v) is 4.10. The second kappa shape index (κ2) is 6.04. The molecule has 108 valence electrons. The van der Waals surface area contributed by atoms with Crippen LogP contribution in [0.4, 0.5) is 0 Å². The molecule has 1 heterocycles. The summed E-state index contributed by atoms with van der Waals surface area (Å²) in [6, 6.07) is 17.1. The molecule has 2 aromatic carbocycles. The molecule has 3 rings (SSSR count). The third kappa shape index (κ3) is 3.20. The molecule has 21 heavy (non-hydrogen) atoms. The smallest absolute Gasteiger partial charge is 0.0487 e. The highest BCUT2D eigenvalue weighted by Crippen LogP contribution is 2.26. The molecule has 0 aliphatic carbocycles. The molecule has 0 unspecified atom stereocenters. The first-order valence-electron chi connectivity index (χ1n) is 7.09. The molecule has 0 spiro atoms. The van der Waals surface area contributed by atoms with Gasteiger partial charge in [-0.2, -0.15) is 0 Å². The normalized spacial score (nSPS) is 11.4. The number of aromatic nitrogens is 1. The number of hydrogen-bond donors (Lipinski definition) is 0. The Bertz CT molecular complexity index is 745. The molecule has 0 fully saturated rings. The van der Waals surface area contributed by atoms with Gasteiger partial charge in [0.2, 0.25) is 0 Å². The van der Waals surface area contributed by atoms with Gasteiger partial charge in [-0.15, -0.1) is 0 Å². The van der Waals surface area contributed by atoms with E-state index < -0.39 is 0 Å². The molecule has 0 N–H and O–H groups in total. The summed E-state index contributed by atoms with van der Waals surface area (Å²) in [4.78, 5) is 2.21. The largest absolute Gasteiger partial charge is 0.343 e. The molecule has 0 amide bonds. The lowest BCUT2D eigenvalue weighted by Crippen LogP contribution is -2.10. The van der Waals surface area contributed by atoms with Crippen LogP contribution in [0.2, 0.25) is 0 Å². The first kappa shape index (κ1) is 14.4. The van der Waals surface area contributed by atoms with Crippen molar-refractivity contribution in [2.75, 3.05) is 14.1 Å². The Kier molecular flexibility index (Phi) is 4.13. The molecule has 0 aliphatic rings. The molecule has 0 aliphatic heterocycles. The number of rotatable bonds is 4. The quantitative estimate of drug-likeness (QED) is 0.676. The molecule has 0 radical (unpaired) electrons. The van der Waals surface area contributed by atoms with E-state index in [0.29, 0.717) is 0 Å². The Morgan fingerprint density at radius 2 is 1.81 bits per heavy atom. The maximum absolute atomic E-state index is 3.59. The SMILES string of the molecule is CN(C)Cc1cn(Cc2ccccc2)c2ccc(Br)cc12. The Labute approximate surface area is 134 Å². The van der Waals surface area contributed by atoms with Crippen LogP contribution < -0.4 is 0 Å². The van der Waals surface area contributed by atoms with E-state index in [1.54, 1.807) is 0 Å². The molecule has 0 saturated heterocycles. The van der Waals surface area contributed by atoms with Crippen molar-refractivity contribution in [3.8, 4) is 0 Å². The molecular formula is C18H19BrN2. The summed E-state index contributed by atoms with van der Waals surface area (Å²) in [5.41, 5.74) is 3.99. The lowest BCUT2D eigenvalue weighted by atomic mass is 10.2. The summed E-state index contributed by atoms with van der Waals surface area (Å²) in [7, 11) is 4.22. The third-order valence-electron chi connectivity index (χ3n) is 3.61. The van der Waals surface area contributed by atoms with E-state index in [0.717, 1.165) is 17.6 Å². The number of benzene rings is 2. The van der Waals surface area contributed by atoms with E-state index in [1.165, 1.54) is 22.0 Å². The molecule has 0 atom stereocenters. The standard InChI is InChI=1S/C18H19BrN2/c1-20(2)12-15-13-21(11-14-6-4-3-5-7-14)18-9-8-16(19)10-17(15)18/h3-10,13H,11-12H2,1-2H3. The van der Waals surface area contributed by atoms with Gasteiger partial charge in [-0.05, 0) is 43.4 Å². The first-order chi connectivity index (χ1) is 10.1. The summed E-state index contributed by atoms with van der Waals surface area (Å²) in [6.07, 6.45) is 2.28. The van der Waals surface area contributed by atoms with E-state index in [9.17, 15) is 0 Å². The summed E-state index contributed by atoms with van der Waals surface area (Å²) in [5.74, 6) is 0. The highest BCUT2D eigenvalue weighted by Gasteiger charge is 2.10. The molecular weight excluding hydrogens is 324 g/mol. The summed E-state index contributed by atoms with van der Waals surface area (Å²) in [6.45, 7) is 1.86. The summed E-state index contributed by atoms with van der Waals surface area (Å²) in [5, 5.41) is 1.33. The molecule has 3 heteroatoms. The van der Waals surface area contributed by atoms with Gasteiger partial charge in [-0.3, -0.25) is 0 Å². The van der Waals surface area contributed by atoms with Gasteiger partial charge in [0.25, 0.3) is 0 Å². The van der Waals surface area contributed by atoms with Crippen LogP contribution in [0.5, 0.6) is 0 Å². The number of hydrogen-bond acceptors (Lipinski definition) is 1. The van der Waals surface area contributed by atoms with Gasteiger partial charge in [0.15, 0.2) is 0 Å². The van der Waals surface area contributed by atoms with Crippen LogP contribution in [-0.4, -0.2) is 23.6 Å². The molecule has 2 nitrogen and oxygen atoms in total. The predicted molar refractivity (Wildman–Crippen MR) is 92.6 cm³/mol. The Balaban J connectivity index is 2.06. The highest BCUT2D eigenvalue weighted by molar-refractivity contribution is 9.10. The zero-order valence-electron chi connectivity index (χ0n) is 12.4. The van der Waals surface area contributed by atoms with Gasteiger partial charge >= 0.3 is 0 Å². The van der Waals surface area contributed by atoms with Crippen molar-refractivity contribution in [3.05, 3.63) is 70.3 Å². The van der Waals surface area contributed by atoms with Gasteiger partial charge in [0, 0.05) is 34.7 Å². The van der Waals surface area contributed by atoms with Gasteiger partial charge < -0.3 is 9.47 Å². The van der Waals surface area contributed by atoms with Crippen molar-refractivity contribution in [1.29, 1.82) is 0 Å². The van der Waals surface area contributed by atoms with E-state index >= 15 is 0 Å². The van der Waals surface area contributed by atoms with Gasteiger partial charge in [-0.1, -0.05) is 46.3 Å². The molecule has 1 aromatic heterocycles. The van der Waals surface area contributed by atoms with E-state index in [1.807, 2.05) is 0 Å². The summed E-state index contributed by atoms with van der Waals surface area (Å²) >= 11 is 3.59. The van der Waals surface area contributed by atoms with Crippen LogP contribution in [0, 0.1) is 0 Å². The zero-order chi connectivity index (χ0) is 14.8. The molecule has 0 saturated carbocycles. The number of nitrogens with zero attached hydrogens (tertiary/aromatic N) is 2. The minimum Gasteiger partial charge on any atom is -0.343 e. The van der Waals surface area contributed by atoms with E-state index in [-0.39, 0.29) is 0 Å². The maximum atomic E-state index is 3.59. The van der Waals surface area contributed by atoms with Crippen LogP contribution in [0.15, 0.2) is 59.2 Å².